The molecule has 9 heteroatoms. The Bertz CT molecular complexity index is 1110. The van der Waals surface area contributed by atoms with Crippen molar-refractivity contribution < 1.29 is 22.7 Å². The van der Waals surface area contributed by atoms with Crippen molar-refractivity contribution in [3.8, 4) is 0 Å². The van der Waals surface area contributed by atoms with E-state index >= 15 is 0 Å². The van der Waals surface area contributed by atoms with Gasteiger partial charge in [0.1, 0.15) is 0 Å². The van der Waals surface area contributed by atoms with Crippen molar-refractivity contribution in [2.24, 2.45) is 0 Å². The van der Waals surface area contributed by atoms with Crippen molar-refractivity contribution >= 4 is 27.6 Å². The standard InChI is InChI=1S/C25H33N3O5S/c1-5-28(6-2)34(31,32)22-13-12-19(3)23(18-22)25(30)33-20(4)24(29)27-16-14-26(15-17-27)21-10-8-7-9-11-21/h7-13,18,20H,5-6,14-17H2,1-4H3. The molecule has 1 aliphatic rings. The molecule has 0 bridgehead atoms. The highest BCUT2D eigenvalue weighted by Gasteiger charge is 2.29. The van der Waals surface area contributed by atoms with Crippen LogP contribution in [0, 0.1) is 6.92 Å². The van der Waals surface area contributed by atoms with Gasteiger partial charge >= 0.3 is 5.97 Å². The van der Waals surface area contributed by atoms with Crippen molar-refractivity contribution in [2.75, 3.05) is 44.2 Å². The van der Waals surface area contributed by atoms with Gasteiger partial charge < -0.3 is 14.5 Å². The van der Waals surface area contributed by atoms with Crippen molar-refractivity contribution in [1.29, 1.82) is 0 Å². The predicted octanol–water partition coefficient (Wildman–Crippen LogP) is 2.92. The fraction of sp³-hybridized carbons (Fsp3) is 0.440. The molecule has 0 spiro atoms. The molecule has 1 unspecified atom stereocenters. The molecular weight excluding hydrogens is 454 g/mol. The minimum absolute atomic E-state index is 0.0322. The van der Waals surface area contributed by atoms with E-state index in [9.17, 15) is 18.0 Å². The normalized spacial score (nSPS) is 15.3. The second kappa shape index (κ2) is 11.0. The third-order valence-electron chi connectivity index (χ3n) is 6.12. The van der Waals surface area contributed by atoms with Gasteiger partial charge in [-0.15, -0.1) is 0 Å². The zero-order valence-electron chi connectivity index (χ0n) is 20.2. The van der Waals surface area contributed by atoms with Crippen LogP contribution in [0.5, 0.6) is 0 Å². The van der Waals surface area contributed by atoms with Crippen LogP contribution in [0.3, 0.4) is 0 Å². The maximum atomic E-state index is 12.9. The Kier molecular flexibility index (Phi) is 8.33. The van der Waals surface area contributed by atoms with Crippen molar-refractivity contribution in [3.63, 3.8) is 0 Å². The Hall–Kier alpha value is -2.91. The largest absolute Gasteiger partial charge is 0.449 e. The number of carbonyl (C=O) groups excluding carboxylic acids is 2. The van der Waals surface area contributed by atoms with Gasteiger partial charge in [0.15, 0.2) is 6.10 Å². The second-order valence-corrected chi connectivity index (χ2v) is 10.2. The van der Waals surface area contributed by atoms with Crippen LogP contribution in [0.4, 0.5) is 5.69 Å². The molecule has 2 aromatic rings. The molecule has 184 valence electrons. The van der Waals surface area contributed by atoms with E-state index in [1.807, 2.05) is 30.3 Å². The van der Waals surface area contributed by atoms with Crippen LogP contribution in [-0.4, -0.2) is 74.9 Å². The highest BCUT2D eigenvalue weighted by Crippen LogP contribution is 2.21. The quantitative estimate of drug-likeness (QED) is 0.532. The Morgan fingerprint density at radius 2 is 1.62 bits per heavy atom. The summed E-state index contributed by atoms with van der Waals surface area (Å²) in [6, 6.07) is 14.4. The summed E-state index contributed by atoms with van der Waals surface area (Å²) in [7, 11) is -3.72. The minimum atomic E-state index is -3.72. The third-order valence-corrected chi connectivity index (χ3v) is 8.16. The van der Waals surface area contributed by atoms with Crippen molar-refractivity contribution in [1.82, 2.24) is 9.21 Å². The molecule has 1 amide bonds. The van der Waals surface area contributed by atoms with E-state index in [1.54, 1.807) is 38.7 Å². The van der Waals surface area contributed by atoms with Gasteiger partial charge in [0, 0.05) is 45.0 Å². The van der Waals surface area contributed by atoms with Crippen LogP contribution in [0.2, 0.25) is 0 Å². The van der Waals surface area contributed by atoms with E-state index in [-0.39, 0.29) is 16.4 Å². The van der Waals surface area contributed by atoms with Gasteiger partial charge in [-0.05, 0) is 43.7 Å². The molecule has 0 aromatic heterocycles. The fourth-order valence-electron chi connectivity index (χ4n) is 4.05. The highest BCUT2D eigenvalue weighted by molar-refractivity contribution is 7.89. The number of rotatable bonds is 8. The highest BCUT2D eigenvalue weighted by atomic mass is 32.2. The molecule has 0 N–H and O–H groups in total. The number of piperazine rings is 1. The van der Waals surface area contributed by atoms with E-state index in [2.05, 4.69) is 4.90 Å². The monoisotopic (exact) mass is 487 g/mol. The molecular formula is C25H33N3O5S. The summed E-state index contributed by atoms with van der Waals surface area (Å²) >= 11 is 0. The molecule has 3 rings (SSSR count). The van der Waals surface area contributed by atoms with Crippen LogP contribution in [0.25, 0.3) is 0 Å². The first kappa shape index (κ1) is 25.7. The van der Waals surface area contributed by atoms with E-state index in [4.69, 9.17) is 4.74 Å². The number of para-hydroxylation sites is 1. The van der Waals surface area contributed by atoms with E-state index in [1.165, 1.54) is 16.4 Å². The van der Waals surface area contributed by atoms with Crippen LogP contribution < -0.4 is 4.90 Å². The number of esters is 1. The average Bonchev–Trinajstić information content (AvgIpc) is 2.84. The Morgan fingerprint density at radius 1 is 1.00 bits per heavy atom. The van der Waals surface area contributed by atoms with Crippen LogP contribution in [-0.2, 0) is 19.6 Å². The number of aryl methyl sites for hydroxylation is 1. The summed E-state index contributed by atoms with van der Waals surface area (Å²) in [6.45, 7) is 9.90. The Labute approximate surface area is 202 Å². The molecule has 1 atom stereocenters. The molecule has 0 aliphatic carbocycles. The molecule has 34 heavy (non-hydrogen) atoms. The van der Waals surface area contributed by atoms with Gasteiger partial charge in [-0.1, -0.05) is 38.1 Å². The Balaban J connectivity index is 1.66. The number of anilines is 1. The summed E-state index contributed by atoms with van der Waals surface area (Å²) in [6.07, 6.45) is -0.974. The van der Waals surface area contributed by atoms with E-state index in [0.717, 1.165) is 5.69 Å². The topological polar surface area (TPSA) is 87.2 Å². The smallest absolute Gasteiger partial charge is 0.339 e. The molecule has 1 aliphatic heterocycles. The first-order chi connectivity index (χ1) is 16.2. The lowest BCUT2D eigenvalue weighted by atomic mass is 10.1. The van der Waals surface area contributed by atoms with Crippen LogP contribution >= 0.6 is 0 Å². The van der Waals surface area contributed by atoms with Crippen LogP contribution in [0.15, 0.2) is 53.4 Å². The maximum absolute atomic E-state index is 12.9. The van der Waals surface area contributed by atoms with Gasteiger partial charge in [-0.3, -0.25) is 4.79 Å². The molecule has 0 radical (unpaired) electrons. The lowest BCUT2D eigenvalue weighted by molar-refractivity contribution is -0.140. The summed E-state index contributed by atoms with van der Waals surface area (Å²) in [4.78, 5) is 29.7. The van der Waals surface area contributed by atoms with Gasteiger partial charge in [-0.2, -0.15) is 4.31 Å². The van der Waals surface area contributed by atoms with Crippen molar-refractivity contribution in [3.05, 3.63) is 59.7 Å². The number of carbonyl (C=O) groups is 2. The first-order valence-corrected chi connectivity index (χ1v) is 13.0. The minimum Gasteiger partial charge on any atom is -0.449 e. The number of nitrogens with zero attached hydrogens (tertiary/aromatic N) is 3. The zero-order valence-corrected chi connectivity index (χ0v) is 21.0. The lowest BCUT2D eigenvalue weighted by Crippen LogP contribution is -2.51. The summed E-state index contributed by atoms with van der Waals surface area (Å²) in [5, 5.41) is 0. The average molecular weight is 488 g/mol. The lowest BCUT2D eigenvalue weighted by Gasteiger charge is -2.37. The van der Waals surface area contributed by atoms with Gasteiger partial charge in [-0.25, -0.2) is 13.2 Å². The maximum Gasteiger partial charge on any atom is 0.339 e. The summed E-state index contributed by atoms with van der Waals surface area (Å²) in [5.74, 6) is -0.969. The molecule has 8 nitrogen and oxygen atoms in total. The van der Waals surface area contributed by atoms with Gasteiger partial charge in [0.2, 0.25) is 10.0 Å². The van der Waals surface area contributed by atoms with Gasteiger partial charge in [0.05, 0.1) is 10.5 Å². The zero-order chi connectivity index (χ0) is 24.9. The molecule has 2 aromatic carbocycles. The molecule has 0 saturated carbocycles. The molecule has 1 fully saturated rings. The van der Waals surface area contributed by atoms with E-state index in [0.29, 0.717) is 44.8 Å². The first-order valence-electron chi connectivity index (χ1n) is 11.6. The summed E-state index contributed by atoms with van der Waals surface area (Å²) in [5.41, 5.74) is 1.84. The SMILES string of the molecule is CCN(CC)S(=O)(=O)c1ccc(C)c(C(=O)OC(C)C(=O)N2CCN(c3ccccc3)CC2)c1. The number of benzene rings is 2. The van der Waals surface area contributed by atoms with Gasteiger partial charge in [0.25, 0.3) is 5.91 Å². The van der Waals surface area contributed by atoms with E-state index < -0.39 is 22.1 Å². The third kappa shape index (κ3) is 5.59. The molecule has 1 saturated heterocycles. The van der Waals surface area contributed by atoms with Crippen LogP contribution in [0.1, 0.15) is 36.7 Å². The number of ether oxygens (including phenoxy) is 1. The van der Waals surface area contributed by atoms with Crippen molar-refractivity contribution in [2.45, 2.75) is 38.7 Å². The number of hydrogen-bond acceptors (Lipinski definition) is 6. The molecule has 1 heterocycles. The number of hydrogen-bond donors (Lipinski definition) is 0. The number of sulfonamides is 1. The fourth-order valence-corrected chi connectivity index (χ4v) is 5.53. The second-order valence-electron chi connectivity index (χ2n) is 8.26. The predicted molar refractivity (Wildman–Crippen MR) is 131 cm³/mol. The summed E-state index contributed by atoms with van der Waals surface area (Å²) < 4.78 is 32.5. The number of amides is 1. The Morgan fingerprint density at radius 3 is 2.21 bits per heavy atom.